The smallest absolute Gasteiger partial charge is 0.375 e. The Morgan fingerprint density at radius 3 is 2.56 bits per heavy atom. The van der Waals surface area contributed by atoms with Gasteiger partial charge in [0.1, 0.15) is 5.58 Å². The molecule has 134 valence electrons. The molecule has 0 N–H and O–H groups in total. The van der Waals surface area contributed by atoms with Crippen molar-refractivity contribution in [3.63, 3.8) is 0 Å². The van der Waals surface area contributed by atoms with E-state index in [1.165, 1.54) is 0 Å². The van der Waals surface area contributed by atoms with Gasteiger partial charge >= 0.3 is 5.97 Å². The highest BCUT2D eigenvalue weighted by atomic mass is 35.5. The summed E-state index contributed by atoms with van der Waals surface area (Å²) in [5.74, 6) is -0.652. The van der Waals surface area contributed by atoms with E-state index in [2.05, 4.69) is 0 Å². The Labute approximate surface area is 151 Å². The molecule has 0 spiro atoms. The fraction of sp³-hybridized carbons (Fsp3) is 0.474. The van der Waals surface area contributed by atoms with Gasteiger partial charge in [0.25, 0.3) is 5.91 Å². The van der Waals surface area contributed by atoms with Crippen LogP contribution in [-0.2, 0) is 9.53 Å². The largest absolute Gasteiger partial charge is 0.449 e. The molecular formula is C19H22ClNO4. The molecule has 3 rings (SSSR count). The summed E-state index contributed by atoms with van der Waals surface area (Å²) in [4.78, 5) is 26.8. The third-order valence-electron chi connectivity index (χ3n) is 4.63. The van der Waals surface area contributed by atoms with Crippen molar-refractivity contribution < 1.29 is 18.7 Å². The van der Waals surface area contributed by atoms with Crippen LogP contribution < -0.4 is 0 Å². The number of esters is 1. The van der Waals surface area contributed by atoms with Crippen molar-refractivity contribution in [2.75, 3.05) is 13.1 Å². The molecule has 1 fully saturated rings. The summed E-state index contributed by atoms with van der Waals surface area (Å²) >= 11 is 6.00. The predicted molar refractivity (Wildman–Crippen MR) is 95.9 cm³/mol. The minimum Gasteiger partial charge on any atom is -0.449 e. The minimum atomic E-state index is -0.832. The first-order valence-electron chi connectivity index (χ1n) is 8.66. The summed E-state index contributed by atoms with van der Waals surface area (Å²) in [5, 5.41) is 1.34. The van der Waals surface area contributed by atoms with Crippen LogP contribution in [0.5, 0.6) is 0 Å². The number of benzene rings is 1. The third kappa shape index (κ3) is 3.82. The lowest BCUT2D eigenvalue weighted by Crippen LogP contribution is -2.40. The Morgan fingerprint density at radius 2 is 1.88 bits per heavy atom. The van der Waals surface area contributed by atoms with E-state index in [0.717, 1.165) is 44.2 Å². The van der Waals surface area contributed by atoms with Crippen LogP contribution in [0.25, 0.3) is 11.0 Å². The summed E-state index contributed by atoms with van der Waals surface area (Å²) in [6, 6.07) is 5.17. The van der Waals surface area contributed by atoms with E-state index in [-0.39, 0.29) is 11.7 Å². The van der Waals surface area contributed by atoms with Crippen LogP contribution in [0.3, 0.4) is 0 Å². The van der Waals surface area contributed by atoms with E-state index >= 15 is 0 Å². The van der Waals surface area contributed by atoms with Crippen LogP contribution in [0.15, 0.2) is 22.6 Å². The van der Waals surface area contributed by atoms with Crippen molar-refractivity contribution in [2.24, 2.45) is 0 Å². The van der Waals surface area contributed by atoms with Gasteiger partial charge in [0, 0.05) is 29.1 Å². The highest BCUT2D eigenvalue weighted by Gasteiger charge is 2.27. The maximum Gasteiger partial charge on any atom is 0.375 e. The number of ether oxygens (including phenoxy) is 1. The van der Waals surface area contributed by atoms with Gasteiger partial charge in [-0.1, -0.05) is 24.4 Å². The Hall–Kier alpha value is -2.01. The lowest BCUT2D eigenvalue weighted by Gasteiger charge is -2.23. The molecule has 1 aromatic heterocycles. The molecule has 0 unspecified atom stereocenters. The second kappa shape index (κ2) is 7.48. The summed E-state index contributed by atoms with van der Waals surface area (Å²) in [6.07, 6.45) is 3.44. The molecule has 25 heavy (non-hydrogen) atoms. The number of fused-ring (bicyclic) bond motifs is 1. The number of nitrogens with zero attached hydrogens (tertiary/aromatic N) is 1. The van der Waals surface area contributed by atoms with Crippen LogP contribution in [0, 0.1) is 6.92 Å². The molecule has 0 saturated carbocycles. The summed E-state index contributed by atoms with van der Waals surface area (Å²) in [7, 11) is 0. The summed E-state index contributed by atoms with van der Waals surface area (Å²) < 4.78 is 11.0. The van der Waals surface area contributed by atoms with E-state index in [0.29, 0.717) is 16.2 Å². The standard InChI is InChI=1S/C19H22ClNO4/c1-12-15-11-14(20)7-8-16(15)25-17(12)19(23)24-13(2)18(22)21-9-5-3-4-6-10-21/h7-8,11,13H,3-6,9-10H2,1-2H3/t13-/m1/s1. The molecular weight excluding hydrogens is 342 g/mol. The zero-order valence-electron chi connectivity index (χ0n) is 14.5. The normalized spacial score (nSPS) is 16.5. The number of likely N-dealkylation sites (tertiary alicyclic amines) is 1. The molecule has 0 aliphatic carbocycles. The second-order valence-corrected chi connectivity index (χ2v) is 6.92. The first kappa shape index (κ1) is 17.8. The van der Waals surface area contributed by atoms with E-state index in [9.17, 15) is 9.59 Å². The van der Waals surface area contributed by atoms with E-state index in [4.69, 9.17) is 20.8 Å². The molecule has 1 aliphatic heterocycles. The SMILES string of the molecule is Cc1c(C(=O)O[C@H](C)C(=O)N2CCCCCC2)oc2ccc(Cl)cc12. The topological polar surface area (TPSA) is 59.8 Å². The van der Waals surface area contributed by atoms with Gasteiger partial charge in [-0.2, -0.15) is 0 Å². The molecule has 1 saturated heterocycles. The van der Waals surface area contributed by atoms with Gasteiger partial charge < -0.3 is 14.1 Å². The molecule has 6 heteroatoms. The van der Waals surface area contributed by atoms with Crippen molar-refractivity contribution in [3.05, 3.63) is 34.5 Å². The lowest BCUT2D eigenvalue weighted by molar-refractivity contribution is -0.139. The number of hydrogen-bond acceptors (Lipinski definition) is 4. The zero-order chi connectivity index (χ0) is 18.0. The maximum absolute atomic E-state index is 12.5. The van der Waals surface area contributed by atoms with Gasteiger partial charge in [0.2, 0.25) is 5.76 Å². The fourth-order valence-corrected chi connectivity index (χ4v) is 3.37. The molecule has 2 heterocycles. The first-order valence-corrected chi connectivity index (χ1v) is 9.03. The molecule has 1 atom stereocenters. The fourth-order valence-electron chi connectivity index (χ4n) is 3.20. The quantitative estimate of drug-likeness (QED) is 0.761. The third-order valence-corrected chi connectivity index (χ3v) is 4.87. The highest BCUT2D eigenvalue weighted by molar-refractivity contribution is 6.31. The Bertz CT molecular complexity index is 790. The number of aryl methyl sites for hydroxylation is 1. The maximum atomic E-state index is 12.5. The Morgan fingerprint density at radius 1 is 1.20 bits per heavy atom. The molecule has 1 amide bonds. The number of hydrogen-bond donors (Lipinski definition) is 0. The van der Waals surface area contributed by atoms with Crippen LogP contribution in [0.4, 0.5) is 0 Å². The van der Waals surface area contributed by atoms with Crippen molar-refractivity contribution in [2.45, 2.75) is 45.6 Å². The number of amides is 1. The lowest BCUT2D eigenvalue weighted by atomic mass is 10.1. The molecule has 5 nitrogen and oxygen atoms in total. The van der Waals surface area contributed by atoms with E-state index in [1.54, 1.807) is 36.9 Å². The number of carbonyl (C=O) groups excluding carboxylic acids is 2. The second-order valence-electron chi connectivity index (χ2n) is 6.48. The highest BCUT2D eigenvalue weighted by Crippen LogP contribution is 2.28. The minimum absolute atomic E-state index is 0.118. The van der Waals surface area contributed by atoms with Gasteiger partial charge in [-0.25, -0.2) is 4.79 Å². The van der Waals surface area contributed by atoms with Gasteiger partial charge in [0.15, 0.2) is 6.10 Å². The monoisotopic (exact) mass is 363 g/mol. The van der Waals surface area contributed by atoms with Crippen molar-refractivity contribution in [1.29, 1.82) is 0 Å². The van der Waals surface area contributed by atoms with Crippen molar-refractivity contribution in [3.8, 4) is 0 Å². The predicted octanol–water partition coefficient (Wildman–Crippen LogP) is 4.34. The summed E-state index contributed by atoms with van der Waals surface area (Å²) in [6.45, 7) is 4.84. The van der Waals surface area contributed by atoms with Gasteiger partial charge in [-0.3, -0.25) is 4.79 Å². The van der Waals surface area contributed by atoms with Crippen LogP contribution >= 0.6 is 11.6 Å². The Balaban J connectivity index is 1.73. The zero-order valence-corrected chi connectivity index (χ0v) is 15.3. The average Bonchev–Trinajstić information content (AvgIpc) is 2.78. The number of furan rings is 1. The van der Waals surface area contributed by atoms with Gasteiger partial charge in [0.05, 0.1) is 0 Å². The summed E-state index contributed by atoms with van der Waals surface area (Å²) in [5.41, 5.74) is 1.23. The molecule has 0 bridgehead atoms. The first-order chi connectivity index (χ1) is 12.0. The van der Waals surface area contributed by atoms with Crippen LogP contribution in [0.1, 0.15) is 48.7 Å². The average molecular weight is 364 g/mol. The number of carbonyl (C=O) groups is 2. The molecule has 2 aromatic rings. The Kier molecular flexibility index (Phi) is 5.33. The van der Waals surface area contributed by atoms with Gasteiger partial charge in [-0.15, -0.1) is 0 Å². The number of halogens is 1. The van der Waals surface area contributed by atoms with E-state index < -0.39 is 12.1 Å². The van der Waals surface area contributed by atoms with Gasteiger partial charge in [-0.05, 0) is 44.9 Å². The van der Waals surface area contributed by atoms with Crippen molar-refractivity contribution >= 4 is 34.4 Å². The molecule has 0 radical (unpaired) electrons. The van der Waals surface area contributed by atoms with Crippen LogP contribution in [-0.4, -0.2) is 36.0 Å². The van der Waals surface area contributed by atoms with Crippen LogP contribution in [0.2, 0.25) is 5.02 Å². The van der Waals surface area contributed by atoms with E-state index in [1.807, 2.05) is 0 Å². The number of rotatable bonds is 3. The van der Waals surface area contributed by atoms with Crippen molar-refractivity contribution in [1.82, 2.24) is 4.90 Å². The molecule has 1 aromatic carbocycles. The molecule has 1 aliphatic rings.